The number of piperazine rings is 1. The molecule has 4 rings (SSSR count). The Balaban J connectivity index is 1.74. The zero-order valence-corrected chi connectivity index (χ0v) is 19.7. The number of nitro groups is 1. The number of alkyl halides is 3. The summed E-state index contributed by atoms with van der Waals surface area (Å²) in [6.07, 6.45) is -2.71. The number of hydrogen-bond acceptors (Lipinski definition) is 6. The molecule has 1 fully saturated rings. The minimum atomic E-state index is -4.57. The van der Waals surface area contributed by atoms with Crippen molar-refractivity contribution in [3.63, 3.8) is 0 Å². The van der Waals surface area contributed by atoms with Gasteiger partial charge in [0.25, 0.3) is 0 Å². The molecule has 1 amide bonds. The number of rotatable bonds is 6. The topological polar surface area (TPSA) is 114 Å². The monoisotopic (exact) mass is 509 g/mol. The molecule has 3 atom stereocenters. The molecule has 2 aliphatic rings. The van der Waals surface area contributed by atoms with Crippen molar-refractivity contribution in [2.24, 2.45) is 0 Å². The van der Waals surface area contributed by atoms with Crippen LogP contribution < -0.4 is 4.74 Å². The first-order valence-electron chi connectivity index (χ1n) is 11.2. The molecule has 2 aromatic rings. The van der Waals surface area contributed by atoms with Crippen LogP contribution in [0.4, 0.5) is 23.8 Å². The van der Waals surface area contributed by atoms with E-state index in [1.807, 2.05) is 4.90 Å². The molecule has 13 heteroatoms. The number of ether oxygens (including phenoxy) is 1. The Hall–Kier alpha value is -3.61. The number of nitrogens with zero attached hydrogens (tertiary/aromatic N) is 5. The molecule has 1 aromatic heterocycles. The number of benzene rings is 1. The molecule has 36 heavy (non-hydrogen) atoms. The average Bonchev–Trinajstić information content (AvgIpc) is 3.31. The van der Waals surface area contributed by atoms with E-state index in [9.17, 15) is 33.2 Å². The molecule has 1 aromatic carbocycles. The zero-order valence-electron chi connectivity index (χ0n) is 19.7. The fraction of sp³-hybridized carbons (Fsp3) is 0.478. The van der Waals surface area contributed by atoms with Crippen LogP contribution in [0.3, 0.4) is 0 Å². The van der Waals surface area contributed by atoms with Crippen LogP contribution in [0.1, 0.15) is 31.4 Å². The number of fused-ring (bicyclic) bond motifs is 1. The molecule has 3 heterocycles. The molecule has 0 aliphatic carbocycles. The van der Waals surface area contributed by atoms with Gasteiger partial charge in [-0.25, -0.2) is 4.79 Å². The number of halogens is 3. The third kappa shape index (κ3) is 4.38. The van der Waals surface area contributed by atoms with E-state index >= 15 is 0 Å². The maximum absolute atomic E-state index is 13.6. The van der Waals surface area contributed by atoms with Crippen LogP contribution in [0.2, 0.25) is 0 Å². The maximum atomic E-state index is 13.6. The molecule has 1 saturated heterocycles. The van der Waals surface area contributed by atoms with E-state index in [0.29, 0.717) is 5.56 Å². The van der Waals surface area contributed by atoms with Crippen molar-refractivity contribution in [3.05, 3.63) is 64.4 Å². The van der Waals surface area contributed by atoms with Crippen LogP contribution in [0.15, 0.2) is 43.1 Å². The summed E-state index contributed by atoms with van der Waals surface area (Å²) in [5.41, 5.74) is -2.61. The van der Waals surface area contributed by atoms with Gasteiger partial charge in [0.15, 0.2) is 0 Å². The summed E-state index contributed by atoms with van der Waals surface area (Å²) in [4.78, 5) is 29.6. The maximum Gasteiger partial charge on any atom is 0.416 e. The molecular formula is C23H26F3N5O5. The van der Waals surface area contributed by atoms with Crippen LogP contribution >= 0.6 is 0 Å². The van der Waals surface area contributed by atoms with Gasteiger partial charge in [-0.1, -0.05) is 18.2 Å². The first-order valence-corrected chi connectivity index (χ1v) is 11.2. The molecule has 0 spiro atoms. The standard InChI is InChI=1S/C23H26F3N5O5/c1-4-6-17-22(3,15-7-5-8-16(11-15)23(24,25)26)29(9-10-30(17)20(32)33)14-21(2)13-28-12-18(31(34)35)27-19(28)36-21/h4-5,7-8,11-12,17H,1,6,9-10,13-14H2,2-3H3,(H,32,33). The van der Waals surface area contributed by atoms with E-state index in [1.54, 1.807) is 26.0 Å². The minimum absolute atomic E-state index is 0.0804. The van der Waals surface area contributed by atoms with E-state index in [2.05, 4.69) is 11.6 Å². The van der Waals surface area contributed by atoms with Gasteiger partial charge < -0.3 is 24.9 Å². The molecule has 0 saturated carbocycles. The second kappa shape index (κ2) is 8.80. The predicted molar refractivity (Wildman–Crippen MR) is 122 cm³/mol. The lowest BCUT2D eigenvalue weighted by molar-refractivity contribution is -0.389. The van der Waals surface area contributed by atoms with Crippen molar-refractivity contribution in [1.29, 1.82) is 0 Å². The van der Waals surface area contributed by atoms with E-state index in [1.165, 1.54) is 21.7 Å². The third-order valence-corrected chi connectivity index (χ3v) is 6.98. The summed E-state index contributed by atoms with van der Waals surface area (Å²) in [5.74, 6) is -0.345. The Bertz CT molecular complexity index is 1180. The van der Waals surface area contributed by atoms with Crippen LogP contribution in [-0.4, -0.2) is 66.8 Å². The van der Waals surface area contributed by atoms with Crippen molar-refractivity contribution in [1.82, 2.24) is 19.4 Å². The number of amides is 1. The Kier molecular flexibility index (Phi) is 6.23. The number of aromatic nitrogens is 2. The second-order valence-electron chi connectivity index (χ2n) is 9.48. The first kappa shape index (κ1) is 25.5. The Labute approximate surface area is 204 Å². The smallest absolute Gasteiger partial charge is 0.416 e. The molecule has 1 N–H and O–H groups in total. The van der Waals surface area contributed by atoms with Gasteiger partial charge in [-0.3, -0.25) is 9.47 Å². The van der Waals surface area contributed by atoms with Gasteiger partial charge in [0.05, 0.1) is 23.7 Å². The Morgan fingerprint density at radius 1 is 1.39 bits per heavy atom. The van der Waals surface area contributed by atoms with Crippen molar-refractivity contribution >= 4 is 11.9 Å². The number of carbonyl (C=O) groups is 1. The van der Waals surface area contributed by atoms with Crippen LogP contribution in [-0.2, 0) is 18.3 Å². The zero-order chi connectivity index (χ0) is 26.5. The van der Waals surface area contributed by atoms with E-state index in [4.69, 9.17) is 4.74 Å². The lowest BCUT2D eigenvalue weighted by Crippen LogP contribution is -2.67. The SMILES string of the molecule is C=CCC1N(C(=O)O)CCN(CC2(C)Cn3cc([N+](=O)[O-])nc3O2)C1(C)c1cccc(C(F)(F)F)c1. The Morgan fingerprint density at radius 3 is 2.69 bits per heavy atom. The van der Waals surface area contributed by atoms with Gasteiger partial charge >= 0.3 is 24.1 Å². The molecular weight excluding hydrogens is 483 g/mol. The lowest BCUT2D eigenvalue weighted by atomic mass is 9.77. The summed E-state index contributed by atoms with van der Waals surface area (Å²) in [6.45, 7) is 8.05. The molecule has 2 aliphatic heterocycles. The number of carboxylic acid groups (broad SMARTS) is 1. The normalized spacial score (nSPS) is 26.4. The summed E-state index contributed by atoms with van der Waals surface area (Å²) in [5, 5.41) is 20.9. The van der Waals surface area contributed by atoms with E-state index in [0.717, 1.165) is 12.1 Å². The highest BCUT2D eigenvalue weighted by molar-refractivity contribution is 5.66. The van der Waals surface area contributed by atoms with Gasteiger partial charge in [0, 0.05) is 24.6 Å². The second-order valence-corrected chi connectivity index (χ2v) is 9.48. The van der Waals surface area contributed by atoms with Crippen molar-refractivity contribution in [2.75, 3.05) is 19.6 Å². The van der Waals surface area contributed by atoms with Crippen molar-refractivity contribution in [2.45, 2.75) is 50.2 Å². The molecule has 194 valence electrons. The largest absolute Gasteiger partial charge is 0.465 e. The van der Waals surface area contributed by atoms with Crippen LogP contribution in [0, 0.1) is 10.1 Å². The summed E-state index contributed by atoms with van der Waals surface area (Å²) in [7, 11) is 0. The van der Waals surface area contributed by atoms with Crippen molar-refractivity contribution < 1.29 is 32.7 Å². The van der Waals surface area contributed by atoms with Gasteiger partial charge in [0.1, 0.15) is 11.8 Å². The highest BCUT2D eigenvalue weighted by atomic mass is 19.4. The van der Waals surface area contributed by atoms with Gasteiger partial charge in [-0.05, 0) is 42.9 Å². The number of imidazole rings is 1. The van der Waals surface area contributed by atoms with Crippen LogP contribution in [0.5, 0.6) is 6.01 Å². The first-order chi connectivity index (χ1) is 16.8. The van der Waals surface area contributed by atoms with Crippen LogP contribution in [0.25, 0.3) is 0 Å². The molecule has 0 radical (unpaired) electrons. The van der Waals surface area contributed by atoms with Gasteiger partial charge in [-0.15, -0.1) is 6.58 Å². The number of hydrogen-bond donors (Lipinski definition) is 1. The highest BCUT2D eigenvalue weighted by Crippen LogP contribution is 2.43. The van der Waals surface area contributed by atoms with E-state index in [-0.39, 0.29) is 44.4 Å². The molecule has 0 bridgehead atoms. The predicted octanol–water partition coefficient (Wildman–Crippen LogP) is 4.12. The van der Waals surface area contributed by atoms with Gasteiger partial charge in [-0.2, -0.15) is 13.2 Å². The fourth-order valence-electron chi connectivity index (χ4n) is 5.27. The third-order valence-electron chi connectivity index (χ3n) is 6.98. The van der Waals surface area contributed by atoms with Crippen molar-refractivity contribution in [3.8, 4) is 6.01 Å². The lowest BCUT2D eigenvalue weighted by Gasteiger charge is -2.55. The van der Waals surface area contributed by atoms with E-state index < -0.39 is 39.9 Å². The fourth-order valence-corrected chi connectivity index (χ4v) is 5.27. The average molecular weight is 509 g/mol. The van der Waals surface area contributed by atoms with Gasteiger partial charge in [0.2, 0.25) is 0 Å². The quantitative estimate of drug-likeness (QED) is 0.354. The minimum Gasteiger partial charge on any atom is -0.465 e. The summed E-state index contributed by atoms with van der Waals surface area (Å²) >= 11 is 0. The molecule has 3 unspecified atom stereocenters. The Morgan fingerprint density at radius 2 is 2.11 bits per heavy atom. The highest BCUT2D eigenvalue weighted by Gasteiger charge is 2.52. The molecule has 10 nitrogen and oxygen atoms in total. The summed E-state index contributed by atoms with van der Waals surface area (Å²) in [6, 6.07) is 4.26. The summed E-state index contributed by atoms with van der Waals surface area (Å²) < 4.78 is 48.3.